The van der Waals surface area contributed by atoms with Crippen LogP contribution in [-0.2, 0) is 9.53 Å². The Labute approximate surface area is 136 Å². The van der Waals surface area contributed by atoms with Crippen LogP contribution in [0.5, 0.6) is 0 Å². The standard InChI is InChI=1S/C13H12ClN3O4S/c1-6-10(12(18)21-2)11(16-13(22)15-6)7-3-4-8(14)9(5-7)17(19)20/h3-5,11H,1-2H3,(H2,15,16,22)/t11-/m0/s1. The summed E-state index contributed by atoms with van der Waals surface area (Å²) in [7, 11) is 1.26. The lowest BCUT2D eigenvalue weighted by Crippen LogP contribution is -2.45. The lowest BCUT2D eigenvalue weighted by Gasteiger charge is -2.29. The average molecular weight is 342 g/mol. The maximum atomic E-state index is 12.0. The van der Waals surface area contributed by atoms with E-state index < -0.39 is 16.9 Å². The number of halogens is 1. The summed E-state index contributed by atoms with van der Waals surface area (Å²) >= 11 is 10.9. The fourth-order valence-corrected chi connectivity index (χ4v) is 2.63. The highest BCUT2D eigenvalue weighted by molar-refractivity contribution is 7.80. The number of rotatable bonds is 3. The van der Waals surface area contributed by atoms with Gasteiger partial charge in [0.05, 0.1) is 23.6 Å². The van der Waals surface area contributed by atoms with Gasteiger partial charge in [0.1, 0.15) is 5.02 Å². The molecule has 0 radical (unpaired) electrons. The van der Waals surface area contributed by atoms with E-state index in [4.69, 9.17) is 28.6 Å². The maximum Gasteiger partial charge on any atom is 0.337 e. The molecule has 2 rings (SSSR count). The monoisotopic (exact) mass is 341 g/mol. The topological polar surface area (TPSA) is 93.5 Å². The van der Waals surface area contributed by atoms with Crippen LogP contribution in [0.1, 0.15) is 18.5 Å². The van der Waals surface area contributed by atoms with Crippen molar-refractivity contribution < 1.29 is 14.5 Å². The van der Waals surface area contributed by atoms with Gasteiger partial charge >= 0.3 is 5.97 Å². The zero-order valence-corrected chi connectivity index (χ0v) is 13.2. The van der Waals surface area contributed by atoms with Crippen LogP contribution in [0.4, 0.5) is 5.69 Å². The molecule has 0 spiro atoms. The van der Waals surface area contributed by atoms with Crippen molar-refractivity contribution in [1.29, 1.82) is 0 Å². The van der Waals surface area contributed by atoms with Gasteiger partial charge in [-0.25, -0.2) is 4.79 Å². The van der Waals surface area contributed by atoms with Gasteiger partial charge in [0, 0.05) is 11.8 Å². The van der Waals surface area contributed by atoms with Gasteiger partial charge in [0.25, 0.3) is 5.69 Å². The molecule has 9 heteroatoms. The molecule has 0 aromatic heterocycles. The first-order valence-corrected chi connectivity index (χ1v) is 6.94. The minimum atomic E-state index is -0.655. The second-order valence-electron chi connectivity index (χ2n) is 4.53. The molecule has 0 saturated heterocycles. The molecule has 2 N–H and O–H groups in total. The largest absolute Gasteiger partial charge is 0.466 e. The van der Waals surface area contributed by atoms with Crippen molar-refractivity contribution in [2.45, 2.75) is 13.0 Å². The molecule has 0 bridgehead atoms. The molecule has 0 saturated carbocycles. The highest BCUT2D eigenvalue weighted by Gasteiger charge is 2.31. The Balaban J connectivity index is 2.55. The van der Waals surface area contributed by atoms with E-state index in [1.54, 1.807) is 13.0 Å². The van der Waals surface area contributed by atoms with Crippen molar-refractivity contribution in [2.75, 3.05) is 7.11 Å². The highest BCUT2D eigenvalue weighted by Crippen LogP contribution is 2.32. The van der Waals surface area contributed by atoms with Gasteiger partial charge in [0.15, 0.2) is 5.11 Å². The quantitative estimate of drug-likeness (QED) is 0.377. The number of hydrogen-bond donors (Lipinski definition) is 2. The zero-order chi connectivity index (χ0) is 16.4. The van der Waals surface area contributed by atoms with E-state index in [2.05, 4.69) is 10.6 Å². The van der Waals surface area contributed by atoms with E-state index in [0.717, 1.165) is 0 Å². The SMILES string of the molecule is COC(=O)C1=C(C)NC(=S)N[C@H]1c1ccc(Cl)c([N+](=O)[O-])c1. The fourth-order valence-electron chi connectivity index (χ4n) is 2.17. The Morgan fingerprint density at radius 2 is 2.18 bits per heavy atom. The molecule has 116 valence electrons. The van der Waals surface area contributed by atoms with Gasteiger partial charge < -0.3 is 15.4 Å². The van der Waals surface area contributed by atoms with E-state index in [0.29, 0.717) is 21.9 Å². The van der Waals surface area contributed by atoms with Crippen LogP contribution in [0.15, 0.2) is 29.5 Å². The minimum Gasteiger partial charge on any atom is -0.466 e. The molecule has 0 aliphatic carbocycles. The Morgan fingerprint density at radius 3 is 2.77 bits per heavy atom. The van der Waals surface area contributed by atoms with Gasteiger partial charge in [-0.2, -0.15) is 0 Å². The van der Waals surface area contributed by atoms with Crippen molar-refractivity contribution in [3.8, 4) is 0 Å². The summed E-state index contributed by atoms with van der Waals surface area (Å²) in [6.07, 6.45) is 0. The minimum absolute atomic E-state index is 0.0191. The van der Waals surface area contributed by atoms with E-state index in [1.807, 2.05) is 0 Å². The summed E-state index contributed by atoms with van der Waals surface area (Å²) in [5, 5.41) is 17.1. The number of hydrogen-bond acceptors (Lipinski definition) is 5. The molecule has 1 aromatic carbocycles. The van der Waals surface area contributed by atoms with Crippen LogP contribution in [0, 0.1) is 10.1 Å². The van der Waals surface area contributed by atoms with Crippen LogP contribution in [0.3, 0.4) is 0 Å². The summed E-state index contributed by atoms with van der Waals surface area (Å²) in [5.74, 6) is -0.553. The molecule has 0 unspecified atom stereocenters. The second-order valence-corrected chi connectivity index (χ2v) is 5.35. The third kappa shape index (κ3) is 3.02. The van der Waals surface area contributed by atoms with Crippen molar-refractivity contribution in [1.82, 2.24) is 10.6 Å². The Kier molecular flexibility index (Phi) is 4.62. The van der Waals surface area contributed by atoms with E-state index >= 15 is 0 Å². The number of nitro benzene ring substituents is 1. The Bertz CT molecular complexity index is 705. The summed E-state index contributed by atoms with van der Waals surface area (Å²) in [5.41, 5.74) is 1.07. The number of nitro groups is 1. The number of nitrogens with zero attached hydrogens (tertiary/aromatic N) is 1. The van der Waals surface area contributed by atoms with Crippen molar-refractivity contribution >= 4 is 40.6 Å². The molecule has 1 heterocycles. The lowest BCUT2D eigenvalue weighted by atomic mass is 9.95. The molecular weight excluding hydrogens is 330 g/mol. The predicted molar refractivity (Wildman–Crippen MR) is 84.4 cm³/mol. The van der Waals surface area contributed by atoms with E-state index in [-0.39, 0.29) is 10.7 Å². The van der Waals surface area contributed by atoms with Gasteiger partial charge in [-0.1, -0.05) is 17.7 Å². The number of benzene rings is 1. The first-order chi connectivity index (χ1) is 10.3. The van der Waals surface area contributed by atoms with Gasteiger partial charge in [-0.05, 0) is 30.8 Å². The molecule has 1 aliphatic rings. The molecule has 1 atom stereocenters. The molecule has 1 aliphatic heterocycles. The number of thiocarbonyl (C=S) groups is 1. The predicted octanol–water partition coefficient (Wildman–Crippen LogP) is 2.21. The van der Waals surface area contributed by atoms with Crippen LogP contribution in [-0.4, -0.2) is 23.1 Å². The molecule has 22 heavy (non-hydrogen) atoms. The first kappa shape index (κ1) is 16.2. The van der Waals surface area contributed by atoms with Crippen LogP contribution < -0.4 is 10.6 Å². The van der Waals surface area contributed by atoms with Crippen molar-refractivity contribution in [3.05, 3.63) is 50.2 Å². The van der Waals surface area contributed by atoms with E-state index in [9.17, 15) is 14.9 Å². The van der Waals surface area contributed by atoms with Crippen molar-refractivity contribution in [2.24, 2.45) is 0 Å². The number of methoxy groups -OCH3 is 1. The Hall–Kier alpha value is -2.19. The number of ether oxygens (including phenoxy) is 1. The van der Waals surface area contributed by atoms with Crippen LogP contribution in [0.25, 0.3) is 0 Å². The summed E-state index contributed by atoms with van der Waals surface area (Å²) in [4.78, 5) is 22.4. The fraction of sp³-hybridized carbons (Fsp3) is 0.231. The summed E-state index contributed by atoms with van der Waals surface area (Å²) in [6.45, 7) is 1.68. The Morgan fingerprint density at radius 1 is 1.50 bits per heavy atom. The normalized spacial score (nSPS) is 17.6. The number of esters is 1. The van der Waals surface area contributed by atoms with Gasteiger partial charge in [-0.3, -0.25) is 10.1 Å². The third-order valence-electron chi connectivity index (χ3n) is 3.17. The van der Waals surface area contributed by atoms with Gasteiger partial charge in [0.2, 0.25) is 0 Å². The highest BCUT2D eigenvalue weighted by atomic mass is 35.5. The van der Waals surface area contributed by atoms with Crippen LogP contribution >= 0.6 is 23.8 Å². The lowest BCUT2D eigenvalue weighted by molar-refractivity contribution is -0.384. The molecular formula is C13H12ClN3O4S. The van der Waals surface area contributed by atoms with Gasteiger partial charge in [-0.15, -0.1) is 0 Å². The molecule has 0 fully saturated rings. The summed E-state index contributed by atoms with van der Waals surface area (Å²) < 4.78 is 4.77. The average Bonchev–Trinajstić information content (AvgIpc) is 2.46. The zero-order valence-electron chi connectivity index (χ0n) is 11.7. The smallest absolute Gasteiger partial charge is 0.337 e. The van der Waals surface area contributed by atoms with E-state index in [1.165, 1.54) is 19.2 Å². The molecule has 0 amide bonds. The van der Waals surface area contributed by atoms with Crippen LogP contribution in [0.2, 0.25) is 5.02 Å². The number of nitrogens with one attached hydrogen (secondary N) is 2. The number of carbonyl (C=O) groups excluding carboxylic acids is 1. The second kappa shape index (κ2) is 6.29. The maximum absolute atomic E-state index is 12.0. The van der Waals surface area contributed by atoms with Crippen molar-refractivity contribution in [3.63, 3.8) is 0 Å². The summed E-state index contributed by atoms with van der Waals surface area (Å²) in [6, 6.07) is 3.66. The first-order valence-electron chi connectivity index (χ1n) is 6.15. The number of allylic oxidation sites excluding steroid dienone is 1. The molecule has 7 nitrogen and oxygen atoms in total. The third-order valence-corrected chi connectivity index (χ3v) is 3.71. The molecule has 1 aromatic rings. The number of carbonyl (C=O) groups is 1.